The van der Waals surface area contributed by atoms with E-state index in [0.717, 1.165) is 12.8 Å². The fraction of sp³-hybridized carbons (Fsp3) is 0.786. The van der Waals surface area contributed by atoms with Crippen LogP contribution in [0, 0.1) is 0 Å². The molecule has 22 heavy (non-hydrogen) atoms. The Morgan fingerprint density at radius 3 is 1.73 bits per heavy atom. The van der Waals surface area contributed by atoms with Crippen molar-refractivity contribution in [2.45, 2.75) is 58.8 Å². The Morgan fingerprint density at radius 2 is 1.32 bits per heavy atom. The standard InChI is InChI=1S/C14H28N4O4/c1-5-7-15-11(16-8-6-2)13(20)17-9(3)12(19)18-10(4)14(21)22/h9-11,15-16H,5-8H2,1-4H3,(H,17,20)(H,18,19)(H,21,22)/t9-,10-/m0/s1. The Bertz CT molecular complexity index is 368. The fourth-order valence-electron chi connectivity index (χ4n) is 1.60. The van der Waals surface area contributed by atoms with E-state index in [-0.39, 0.29) is 5.91 Å². The van der Waals surface area contributed by atoms with Crippen molar-refractivity contribution in [2.24, 2.45) is 0 Å². The number of carboxylic acid groups (broad SMARTS) is 1. The number of hydrogen-bond donors (Lipinski definition) is 5. The number of rotatable bonds is 11. The topological polar surface area (TPSA) is 120 Å². The van der Waals surface area contributed by atoms with Gasteiger partial charge in [0.15, 0.2) is 0 Å². The van der Waals surface area contributed by atoms with Crippen molar-refractivity contribution in [3.63, 3.8) is 0 Å². The minimum absolute atomic E-state index is 0.340. The van der Waals surface area contributed by atoms with Crippen LogP contribution in [0.1, 0.15) is 40.5 Å². The van der Waals surface area contributed by atoms with Crippen LogP contribution in [0.5, 0.6) is 0 Å². The molecule has 0 radical (unpaired) electrons. The zero-order chi connectivity index (χ0) is 17.1. The minimum atomic E-state index is -1.13. The first-order valence-corrected chi connectivity index (χ1v) is 7.63. The molecule has 0 saturated carbocycles. The first-order chi connectivity index (χ1) is 10.3. The molecule has 0 fully saturated rings. The molecule has 0 spiro atoms. The van der Waals surface area contributed by atoms with Crippen molar-refractivity contribution in [3.05, 3.63) is 0 Å². The van der Waals surface area contributed by atoms with Crippen molar-refractivity contribution < 1.29 is 19.5 Å². The summed E-state index contributed by atoms with van der Waals surface area (Å²) in [5.41, 5.74) is 0. The molecule has 0 rings (SSSR count). The number of hydrogen-bond acceptors (Lipinski definition) is 5. The van der Waals surface area contributed by atoms with E-state index in [0.29, 0.717) is 13.1 Å². The molecule has 2 atom stereocenters. The van der Waals surface area contributed by atoms with Gasteiger partial charge in [0.2, 0.25) is 5.91 Å². The van der Waals surface area contributed by atoms with Crippen molar-refractivity contribution in [1.82, 2.24) is 21.3 Å². The Labute approximate surface area is 131 Å². The number of aliphatic carboxylic acids is 1. The molecule has 0 aliphatic rings. The smallest absolute Gasteiger partial charge is 0.325 e. The lowest BCUT2D eigenvalue weighted by Gasteiger charge is -2.22. The lowest BCUT2D eigenvalue weighted by molar-refractivity contribution is -0.141. The summed E-state index contributed by atoms with van der Waals surface area (Å²) in [5.74, 6) is -2.00. The van der Waals surface area contributed by atoms with Crippen LogP contribution >= 0.6 is 0 Å². The van der Waals surface area contributed by atoms with Gasteiger partial charge in [-0.3, -0.25) is 25.0 Å². The molecule has 0 aromatic carbocycles. The first kappa shape index (κ1) is 20.3. The Balaban J connectivity index is 4.48. The highest BCUT2D eigenvalue weighted by molar-refractivity contribution is 5.91. The maximum atomic E-state index is 12.2. The van der Waals surface area contributed by atoms with Crippen LogP contribution in [0.15, 0.2) is 0 Å². The van der Waals surface area contributed by atoms with E-state index in [2.05, 4.69) is 21.3 Å². The summed E-state index contributed by atoms with van der Waals surface area (Å²) in [7, 11) is 0. The summed E-state index contributed by atoms with van der Waals surface area (Å²) in [6.07, 6.45) is 1.18. The van der Waals surface area contributed by atoms with Crippen molar-refractivity contribution in [2.75, 3.05) is 13.1 Å². The van der Waals surface area contributed by atoms with Gasteiger partial charge in [0, 0.05) is 0 Å². The van der Waals surface area contributed by atoms with Gasteiger partial charge in [-0.05, 0) is 39.8 Å². The molecule has 0 aromatic rings. The van der Waals surface area contributed by atoms with Gasteiger partial charge in [0.25, 0.3) is 5.91 Å². The van der Waals surface area contributed by atoms with E-state index in [9.17, 15) is 14.4 Å². The van der Waals surface area contributed by atoms with E-state index in [1.807, 2.05) is 13.8 Å². The molecular weight excluding hydrogens is 288 g/mol. The first-order valence-electron chi connectivity index (χ1n) is 7.63. The molecule has 0 saturated heterocycles. The van der Waals surface area contributed by atoms with Crippen LogP contribution in [0.3, 0.4) is 0 Å². The maximum Gasteiger partial charge on any atom is 0.325 e. The molecule has 2 amide bonds. The van der Waals surface area contributed by atoms with Crippen LogP contribution < -0.4 is 21.3 Å². The number of carbonyl (C=O) groups excluding carboxylic acids is 2. The van der Waals surface area contributed by atoms with Gasteiger partial charge in [0.1, 0.15) is 18.2 Å². The molecule has 0 unspecified atom stereocenters. The third-order valence-corrected chi connectivity index (χ3v) is 2.94. The van der Waals surface area contributed by atoms with Crippen LogP contribution in [0.25, 0.3) is 0 Å². The number of carboxylic acids is 1. The fourth-order valence-corrected chi connectivity index (χ4v) is 1.60. The van der Waals surface area contributed by atoms with Crippen molar-refractivity contribution >= 4 is 17.8 Å². The normalized spacial score (nSPS) is 13.5. The maximum absolute atomic E-state index is 12.2. The Morgan fingerprint density at radius 1 is 0.864 bits per heavy atom. The predicted molar refractivity (Wildman–Crippen MR) is 83.2 cm³/mol. The highest BCUT2D eigenvalue weighted by Crippen LogP contribution is 1.90. The average Bonchev–Trinajstić information content (AvgIpc) is 2.46. The zero-order valence-corrected chi connectivity index (χ0v) is 13.7. The van der Waals surface area contributed by atoms with Crippen LogP contribution in [-0.4, -0.2) is 54.2 Å². The van der Waals surface area contributed by atoms with Crippen molar-refractivity contribution in [1.29, 1.82) is 0 Å². The van der Waals surface area contributed by atoms with Gasteiger partial charge in [-0.25, -0.2) is 0 Å². The summed E-state index contributed by atoms with van der Waals surface area (Å²) in [5, 5.41) is 19.8. The van der Waals surface area contributed by atoms with Crippen molar-refractivity contribution in [3.8, 4) is 0 Å². The van der Waals surface area contributed by atoms with Gasteiger partial charge in [-0.15, -0.1) is 0 Å². The van der Waals surface area contributed by atoms with E-state index in [1.54, 1.807) is 0 Å². The number of nitrogens with one attached hydrogen (secondary N) is 4. The van der Waals surface area contributed by atoms with E-state index in [4.69, 9.17) is 5.11 Å². The molecule has 5 N–H and O–H groups in total. The lowest BCUT2D eigenvalue weighted by atomic mass is 10.2. The number of amides is 2. The monoisotopic (exact) mass is 316 g/mol. The largest absolute Gasteiger partial charge is 0.480 e. The summed E-state index contributed by atoms with van der Waals surface area (Å²) in [6, 6.07) is -1.82. The molecule has 0 aliphatic heterocycles. The SMILES string of the molecule is CCCNC(NCCC)C(=O)N[C@@H](C)C(=O)N[C@@H](C)C(=O)O. The Kier molecular flexibility index (Phi) is 10.1. The van der Waals surface area contributed by atoms with Crippen LogP contribution in [-0.2, 0) is 14.4 Å². The second-order valence-corrected chi connectivity index (χ2v) is 5.14. The molecular formula is C14H28N4O4. The van der Waals surface area contributed by atoms with E-state index in [1.165, 1.54) is 13.8 Å². The van der Waals surface area contributed by atoms with Gasteiger partial charge in [-0.2, -0.15) is 0 Å². The number of carbonyl (C=O) groups is 3. The second kappa shape index (κ2) is 11.0. The lowest BCUT2D eigenvalue weighted by Crippen LogP contribution is -2.58. The molecule has 0 heterocycles. The Hall–Kier alpha value is -1.67. The zero-order valence-electron chi connectivity index (χ0n) is 13.7. The van der Waals surface area contributed by atoms with E-state index >= 15 is 0 Å². The van der Waals surface area contributed by atoms with Gasteiger partial charge in [0.05, 0.1) is 0 Å². The third kappa shape index (κ3) is 7.94. The molecule has 128 valence electrons. The summed E-state index contributed by atoms with van der Waals surface area (Å²) in [6.45, 7) is 8.20. The van der Waals surface area contributed by atoms with Gasteiger partial charge in [-0.1, -0.05) is 13.8 Å². The van der Waals surface area contributed by atoms with Crippen LogP contribution in [0.2, 0.25) is 0 Å². The molecule has 0 aliphatic carbocycles. The minimum Gasteiger partial charge on any atom is -0.480 e. The van der Waals surface area contributed by atoms with Crippen LogP contribution in [0.4, 0.5) is 0 Å². The molecule has 8 heteroatoms. The highest BCUT2D eigenvalue weighted by atomic mass is 16.4. The average molecular weight is 316 g/mol. The highest BCUT2D eigenvalue weighted by Gasteiger charge is 2.23. The summed E-state index contributed by atoms with van der Waals surface area (Å²) in [4.78, 5) is 34.7. The summed E-state index contributed by atoms with van der Waals surface area (Å²) >= 11 is 0. The molecule has 0 bridgehead atoms. The van der Waals surface area contributed by atoms with Gasteiger partial charge < -0.3 is 15.7 Å². The summed E-state index contributed by atoms with van der Waals surface area (Å²) < 4.78 is 0. The predicted octanol–water partition coefficient (Wildman–Crippen LogP) is -0.594. The molecule has 8 nitrogen and oxygen atoms in total. The molecule has 0 aromatic heterocycles. The van der Waals surface area contributed by atoms with Gasteiger partial charge >= 0.3 is 5.97 Å². The third-order valence-electron chi connectivity index (χ3n) is 2.94. The van der Waals surface area contributed by atoms with E-state index < -0.39 is 30.1 Å². The quantitative estimate of drug-likeness (QED) is 0.325. The second-order valence-electron chi connectivity index (χ2n) is 5.14.